The molecule has 0 bridgehead atoms. The zero-order chi connectivity index (χ0) is 13.7. The van der Waals surface area contributed by atoms with E-state index in [-0.39, 0.29) is 5.78 Å². The minimum Gasteiger partial charge on any atom is -0.497 e. The second-order valence-corrected chi connectivity index (χ2v) is 4.06. The zero-order valence-corrected chi connectivity index (χ0v) is 10.7. The van der Waals surface area contributed by atoms with E-state index < -0.39 is 0 Å². The number of methoxy groups -OCH3 is 1. The lowest BCUT2D eigenvalue weighted by Gasteiger charge is -2.02. The minimum atomic E-state index is -0.121. The highest BCUT2D eigenvalue weighted by atomic mass is 16.5. The molecule has 0 aliphatic rings. The largest absolute Gasteiger partial charge is 0.497 e. The minimum absolute atomic E-state index is 0.121. The summed E-state index contributed by atoms with van der Waals surface area (Å²) in [5, 5.41) is 0. The second kappa shape index (κ2) is 5.87. The molecule has 0 amide bonds. The summed E-state index contributed by atoms with van der Waals surface area (Å²) in [4.78, 5) is 12.0. The van der Waals surface area contributed by atoms with E-state index in [0.717, 1.165) is 11.3 Å². The molecule has 3 nitrogen and oxygen atoms in total. The maximum Gasteiger partial charge on any atom is 0.187 e. The van der Waals surface area contributed by atoms with Crippen LogP contribution in [-0.4, -0.2) is 12.9 Å². The molecule has 0 aliphatic carbocycles. The first-order chi connectivity index (χ1) is 9.20. The second-order valence-electron chi connectivity index (χ2n) is 4.06. The standard InChI is InChI=1S/C16H15NO2/c1-19-14-9-7-13(8-10-14)16(18)11-15(17)12-5-3-2-4-6-12/h2-11H,17H2,1H3/b15-11-. The van der Waals surface area contributed by atoms with Crippen molar-refractivity contribution < 1.29 is 9.53 Å². The van der Waals surface area contributed by atoms with Gasteiger partial charge in [0.15, 0.2) is 5.78 Å². The van der Waals surface area contributed by atoms with Crippen molar-refractivity contribution in [3.63, 3.8) is 0 Å². The van der Waals surface area contributed by atoms with Crippen LogP contribution in [0.2, 0.25) is 0 Å². The highest BCUT2D eigenvalue weighted by Gasteiger charge is 2.04. The molecule has 0 unspecified atom stereocenters. The molecule has 0 atom stereocenters. The third-order valence-corrected chi connectivity index (χ3v) is 2.77. The molecule has 2 aromatic carbocycles. The van der Waals surface area contributed by atoms with Crippen LogP contribution in [0.15, 0.2) is 60.7 Å². The highest BCUT2D eigenvalue weighted by Crippen LogP contribution is 2.14. The molecule has 0 aromatic heterocycles. The Hall–Kier alpha value is -2.55. The van der Waals surface area contributed by atoms with Crippen molar-refractivity contribution in [1.29, 1.82) is 0 Å². The fourth-order valence-corrected chi connectivity index (χ4v) is 1.69. The molecule has 0 heterocycles. The Balaban J connectivity index is 2.20. The molecule has 2 rings (SSSR count). The van der Waals surface area contributed by atoms with Gasteiger partial charge in [0.25, 0.3) is 0 Å². The third-order valence-electron chi connectivity index (χ3n) is 2.77. The summed E-state index contributed by atoms with van der Waals surface area (Å²) >= 11 is 0. The van der Waals surface area contributed by atoms with Crippen molar-refractivity contribution in [3.8, 4) is 5.75 Å². The molecule has 0 radical (unpaired) electrons. The van der Waals surface area contributed by atoms with E-state index in [0.29, 0.717) is 11.3 Å². The van der Waals surface area contributed by atoms with Gasteiger partial charge in [-0.2, -0.15) is 0 Å². The lowest BCUT2D eigenvalue weighted by atomic mass is 10.1. The first-order valence-electron chi connectivity index (χ1n) is 5.91. The Morgan fingerprint density at radius 2 is 1.63 bits per heavy atom. The van der Waals surface area contributed by atoms with E-state index in [4.69, 9.17) is 10.5 Å². The summed E-state index contributed by atoms with van der Waals surface area (Å²) < 4.78 is 5.05. The molecular formula is C16H15NO2. The average Bonchev–Trinajstić information content (AvgIpc) is 2.48. The lowest BCUT2D eigenvalue weighted by Crippen LogP contribution is -2.02. The SMILES string of the molecule is COc1ccc(C(=O)/C=C(\N)c2ccccc2)cc1. The van der Waals surface area contributed by atoms with Gasteiger partial charge in [-0.15, -0.1) is 0 Å². The van der Waals surface area contributed by atoms with Gasteiger partial charge in [0.2, 0.25) is 0 Å². The average molecular weight is 253 g/mol. The highest BCUT2D eigenvalue weighted by molar-refractivity contribution is 6.08. The molecule has 96 valence electrons. The zero-order valence-electron chi connectivity index (χ0n) is 10.7. The summed E-state index contributed by atoms with van der Waals surface area (Å²) in [6.45, 7) is 0. The molecule has 2 N–H and O–H groups in total. The van der Waals surface area contributed by atoms with Gasteiger partial charge in [0.05, 0.1) is 7.11 Å². The van der Waals surface area contributed by atoms with E-state index in [1.54, 1.807) is 31.4 Å². The normalized spacial score (nSPS) is 11.1. The van der Waals surface area contributed by atoms with Crippen LogP contribution in [0.5, 0.6) is 5.75 Å². The number of ether oxygens (including phenoxy) is 1. The number of benzene rings is 2. The summed E-state index contributed by atoms with van der Waals surface area (Å²) in [6, 6.07) is 16.3. The van der Waals surface area contributed by atoms with Crippen LogP contribution in [0.4, 0.5) is 0 Å². The number of rotatable bonds is 4. The van der Waals surface area contributed by atoms with Crippen molar-refractivity contribution in [2.45, 2.75) is 0 Å². The van der Waals surface area contributed by atoms with Crippen LogP contribution in [0.1, 0.15) is 15.9 Å². The summed E-state index contributed by atoms with van der Waals surface area (Å²) in [6.07, 6.45) is 1.44. The van der Waals surface area contributed by atoms with Crippen molar-refractivity contribution >= 4 is 11.5 Å². The Bertz CT molecular complexity index is 586. The van der Waals surface area contributed by atoms with Gasteiger partial charge in [-0.3, -0.25) is 4.79 Å². The topological polar surface area (TPSA) is 52.3 Å². The number of hydrogen-bond acceptors (Lipinski definition) is 3. The Labute approximate surface area is 112 Å². The van der Waals surface area contributed by atoms with Crippen molar-refractivity contribution in [1.82, 2.24) is 0 Å². The number of carbonyl (C=O) groups is 1. The predicted molar refractivity (Wildman–Crippen MR) is 75.9 cm³/mol. The third kappa shape index (κ3) is 3.22. The number of allylic oxidation sites excluding steroid dienone is 1. The quantitative estimate of drug-likeness (QED) is 0.673. The van der Waals surface area contributed by atoms with E-state index in [9.17, 15) is 4.79 Å². The van der Waals surface area contributed by atoms with Crippen molar-refractivity contribution in [2.24, 2.45) is 5.73 Å². The van der Waals surface area contributed by atoms with E-state index >= 15 is 0 Å². The fraction of sp³-hybridized carbons (Fsp3) is 0.0625. The van der Waals surface area contributed by atoms with Crippen LogP contribution in [0.25, 0.3) is 5.70 Å². The molecule has 0 spiro atoms. The van der Waals surface area contributed by atoms with Gasteiger partial charge in [-0.1, -0.05) is 30.3 Å². The van der Waals surface area contributed by atoms with Gasteiger partial charge in [-0.25, -0.2) is 0 Å². The van der Waals surface area contributed by atoms with E-state index in [1.807, 2.05) is 30.3 Å². The molecule has 0 fully saturated rings. The smallest absolute Gasteiger partial charge is 0.187 e. The Kier molecular flexibility index (Phi) is 3.98. The number of ketones is 1. The van der Waals surface area contributed by atoms with Crippen LogP contribution < -0.4 is 10.5 Å². The summed E-state index contributed by atoms with van der Waals surface area (Å²) in [5.74, 6) is 0.598. The molecule has 19 heavy (non-hydrogen) atoms. The molecule has 0 aliphatic heterocycles. The fourth-order valence-electron chi connectivity index (χ4n) is 1.69. The molecule has 0 saturated carbocycles. The van der Waals surface area contributed by atoms with Crippen LogP contribution in [-0.2, 0) is 0 Å². The monoisotopic (exact) mass is 253 g/mol. The van der Waals surface area contributed by atoms with Crippen molar-refractivity contribution in [2.75, 3.05) is 7.11 Å². The first kappa shape index (κ1) is 12.9. The van der Waals surface area contributed by atoms with Crippen LogP contribution in [0.3, 0.4) is 0 Å². The Morgan fingerprint density at radius 3 is 2.21 bits per heavy atom. The lowest BCUT2D eigenvalue weighted by molar-refractivity contribution is 0.104. The summed E-state index contributed by atoms with van der Waals surface area (Å²) in [5.41, 5.74) is 7.78. The van der Waals surface area contributed by atoms with Gasteiger partial charge in [0, 0.05) is 17.3 Å². The van der Waals surface area contributed by atoms with Gasteiger partial charge >= 0.3 is 0 Å². The van der Waals surface area contributed by atoms with Crippen molar-refractivity contribution in [3.05, 3.63) is 71.8 Å². The predicted octanol–water partition coefficient (Wildman–Crippen LogP) is 2.88. The van der Waals surface area contributed by atoms with E-state index in [1.165, 1.54) is 6.08 Å². The van der Waals surface area contributed by atoms with E-state index in [2.05, 4.69) is 0 Å². The van der Waals surface area contributed by atoms with Crippen LogP contribution >= 0.6 is 0 Å². The first-order valence-corrected chi connectivity index (χ1v) is 5.91. The number of nitrogens with two attached hydrogens (primary N) is 1. The number of hydrogen-bond donors (Lipinski definition) is 1. The summed E-state index contributed by atoms with van der Waals surface area (Å²) in [7, 11) is 1.59. The van der Waals surface area contributed by atoms with Gasteiger partial charge in [-0.05, 0) is 29.8 Å². The molecule has 2 aromatic rings. The number of carbonyl (C=O) groups excluding carboxylic acids is 1. The van der Waals surface area contributed by atoms with Crippen LogP contribution in [0, 0.1) is 0 Å². The molecule has 3 heteroatoms. The maximum atomic E-state index is 12.0. The molecular weight excluding hydrogens is 238 g/mol. The molecule has 0 saturated heterocycles. The maximum absolute atomic E-state index is 12.0. The van der Waals surface area contributed by atoms with Gasteiger partial charge in [0.1, 0.15) is 5.75 Å². The Morgan fingerprint density at radius 1 is 1.00 bits per heavy atom. The van der Waals surface area contributed by atoms with Gasteiger partial charge < -0.3 is 10.5 Å².